The van der Waals surface area contributed by atoms with Crippen LogP contribution in [0.2, 0.25) is 0 Å². The Bertz CT molecular complexity index is 378. The molecule has 0 amide bonds. The molecule has 0 atom stereocenters. The number of nitrogens with one attached hydrogen (secondary N) is 1. The minimum atomic E-state index is -1.28. The number of Topliss-reactive ketones (excluding diaryl/α,β-unsaturated/α-hetero) is 1. The largest absolute Gasteiger partial charge is 0.545 e. The fraction of sp³-hybridized carbons (Fsp3) is 0.333. The number of aromatic carboxylic acids is 1. The first-order valence-electron chi connectivity index (χ1n) is 4.15. The predicted octanol–water partition coefficient (Wildman–Crippen LogP) is -0.103. The van der Waals surface area contributed by atoms with Crippen LogP contribution in [0.4, 0.5) is 0 Å². The lowest BCUT2D eigenvalue weighted by atomic mass is 9.94. The van der Waals surface area contributed by atoms with Gasteiger partial charge in [0.25, 0.3) is 0 Å². The van der Waals surface area contributed by atoms with Crippen LogP contribution in [-0.4, -0.2) is 16.7 Å². The third-order valence-corrected chi connectivity index (χ3v) is 2.29. The van der Waals surface area contributed by atoms with E-state index >= 15 is 0 Å². The zero-order valence-electron chi connectivity index (χ0n) is 6.92. The minimum Gasteiger partial charge on any atom is -0.545 e. The molecule has 1 N–H and O–H groups in total. The van der Waals surface area contributed by atoms with Crippen LogP contribution in [-0.2, 0) is 6.42 Å². The zero-order chi connectivity index (χ0) is 9.42. The summed E-state index contributed by atoms with van der Waals surface area (Å²) in [7, 11) is 0. The molecule has 4 nitrogen and oxygen atoms in total. The van der Waals surface area contributed by atoms with Crippen molar-refractivity contribution in [3.05, 3.63) is 23.0 Å². The Hall–Kier alpha value is -1.58. The third kappa shape index (κ3) is 1.14. The van der Waals surface area contributed by atoms with Crippen molar-refractivity contribution in [2.75, 3.05) is 0 Å². The van der Waals surface area contributed by atoms with Gasteiger partial charge in [-0.3, -0.25) is 4.79 Å². The van der Waals surface area contributed by atoms with Crippen LogP contribution in [0.15, 0.2) is 6.20 Å². The summed E-state index contributed by atoms with van der Waals surface area (Å²) < 4.78 is 0. The van der Waals surface area contributed by atoms with Crippen LogP contribution < -0.4 is 5.11 Å². The second kappa shape index (κ2) is 2.73. The number of rotatable bonds is 1. The molecule has 0 saturated heterocycles. The standard InChI is InChI=1S/C9H9NO3/c11-7-3-1-2-6-8(7)5(4-10-6)9(12)13/h4,10H,1-3H2,(H,12,13)/p-1. The van der Waals surface area contributed by atoms with Gasteiger partial charge < -0.3 is 14.9 Å². The Morgan fingerprint density at radius 1 is 1.46 bits per heavy atom. The monoisotopic (exact) mass is 178 g/mol. The molecule has 0 unspecified atom stereocenters. The van der Waals surface area contributed by atoms with Gasteiger partial charge in [-0.2, -0.15) is 0 Å². The fourth-order valence-corrected chi connectivity index (χ4v) is 1.69. The van der Waals surface area contributed by atoms with Crippen molar-refractivity contribution in [1.29, 1.82) is 0 Å². The average Bonchev–Trinajstić information content (AvgIpc) is 2.49. The quantitative estimate of drug-likeness (QED) is 0.652. The maximum absolute atomic E-state index is 11.4. The van der Waals surface area contributed by atoms with Crippen LogP contribution >= 0.6 is 0 Å². The van der Waals surface area contributed by atoms with Crippen LogP contribution in [0.3, 0.4) is 0 Å². The number of fused-ring (bicyclic) bond motifs is 1. The Morgan fingerprint density at radius 2 is 2.23 bits per heavy atom. The van der Waals surface area contributed by atoms with E-state index in [1.54, 1.807) is 0 Å². The van der Waals surface area contributed by atoms with E-state index in [1.165, 1.54) is 6.20 Å². The SMILES string of the molecule is O=C([O-])c1c[nH]c2c1C(=O)CCC2. The molecule has 1 aliphatic rings. The first-order valence-corrected chi connectivity index (χ1v) is 4.15. The molecule has 0 bridgehead atoms. The van der Waals surface area contributed by atoms with Crippen LogP contribution in [0.5, 0.6) is 0 Å². The van der Waals surface area contributed by atoms with Crippen molar-refractivity contribution < 1.29 is 14.7 Å². The smallest absolute Gasteiger partial charge is 0.165 e. The van der Waals surface area contributed by atoms with Crippen LogP contribution in [0.1, 0.15) is 39.3 Å². The Labute approximate surface area is 74.6 Å². The number of carbonyl (C=O) groups is 2. The molecule has 13 heavy (non-hydrogen) atoms. The second-order valence-electron chi connectivity index (χ2n) is 3.12. The summed E-state index contributed by atoms with van der Waals surface area (Å²) in [6.45, 7) is 0. The van der Waals surface area contributed by atoms with E-state index in [0.717, 1.165) is 18.5 Å². The van der Waals surface area contributed by atoms with Crippen LogP contribution in [0.25, 0.3) is 0 Å². The molecule has 68 valence electrons. The second-order valence-corrected chi connectivity index (χ2v) is 3.12. The maximum atomic E-state index is 11.4. The van der Waals surface area contributed by atoms with E-state index in [2.05, 4.69) is 4.98 Å². The highest BCUT2D eigenvalue weighted by molar-refractivity contribution is 6.06. The molecule has 0 radical (unpaired) electrons. The lowest BCUT2D eigenvalue weighted by Crippen LogP contribution is -2.25. The van der Waals surface area contributed by atoms with Crippen molar-refractivity contribution in [2.24, 2.45) is 0 Å². The number of carboxylic acids is 1. The minimum absolute atomic E-state index is 0.000278. The number of hydrogen-bond acceptors (Lipinski definition) is 3. The van der Waals surface area contributed by atoms with Gasteiger partial charge in [0.2, 0.25) is 0 Å². The first kappa shape index (κ1) is 8.04. The number of aryl methyl sites for hydroxylation is 1. The van der Waals surface area contributed by atoms with E-state index in [9.17, 15) is 14.7 Å². The molecule has 1 aromatic rings. The highest BCUT2D eigenvalue weighted by Crippen LogP contribution is 2.23. The molecule has 1 aromatic heterocycles. The lowest BCUT2D eigenvalue weighted by Gasteiger charge is -2.11. The van der Waals surface area contributed by atoms with Crippen molar-refractivity contribution in [3.63, 3.8) is 0 Å². The Morgan fingerprint density at radius 3 is 2.92 bits per heavy atom. The number of hydrogen-bond donors (Lipinski definition) is 1. The number of carboxylic acid groups (broad SMARTS) is 1. The summed E-state index contributed by atoms with van der Waals surface area (Å²) >= 11 is 0. The van der Waals surface area contributed by atoms with Gasteiger partial charge in [0.1, 0.15) is 0 Å². The maximum Gasteiger partial charge on any atom is 0.165 e. The Kier molecular flexibility index (Phi) is 1.69. The van der Waals surface area contributed by atoms with Crippen molar-refractivity contribution in [1.82, 2.24) is 4.98 Å². The molecule has 0 aliphatic heterocycles. The molecule has 1 heterocycles. The highest BCUT2D eigenvalue weighted by Gasteiger charge is 2.22. The van der Waals surface area contributed by atoms with E-state index in [0.29, 0.717) is 12.0 Å². The van der Waals surface area contributed by atoms with Gasteiger partial charge >= 0.3 is 0 Å². The van der Waals surface area contributed by atoms with E-state index < -0.39 is 5.97 Å². The summed E-state index contributed by atoms with van der Waals surface area (Å²) in [5.74, 6) is -1.38. The van der Waals surface area contributed by atoms with Crippen molar-refractivity contribution in [2.45, 2.75) is 19.3 Å². The summed E-state index contributed by atoms with van der Waals surface area (Å²) in [5, 5.41) is 10.6. The van der Waals surface area contributed by atoms with Gasteiger partial charge in [0, 0.05) is 29.4 Å². The summed E-state index contributed by atoms with van der Waals surface area (Å²) in [4.78, 5) is 24.8. The molecule has 0 spiro atoms. The van der Waals surface area contributed by atoms with Gasteiger partial charge in [-0.1, -0.05) is 0 Å². The third-order valence-electron chi connectivity index (χ3n) is 2.29. The van der Waals surface area contributed by atoms with Crippen LogP contribution in [0, 0.1) is 0 Å². The summed E-state index contributed by atoms with van der Waals surface area (Å²) in [6, 6.07) is 0. The molecule has 0 aromatic carbocycles. The summed E-state index contributed by atoms with van der Waals surface area (Å²) in [5.41, 5.74) is 1.06. The number of aromatic amines is 1. The van der Waals surface area contributed by atoms with Gasteiger partial charge in [-0.05, 0) is 12.8 Å². The highest BCUT2D eigenvalue weighted by atomic mass is 16.4. The Balaban J connectivity index is 2.56. The van der Waals surface area contributed by atoms with Gasteiger partial charge in [0.05, 0.1) is 5.97 Å². The zero-order valence-corrected chi connectivity index (χ0v) is 6.92. The van der Waals surface area contributed by atoms with E-state index in [1.807, 2.05) is 0 Å². The molecule has 0 fully saturated rings. The van der Waals surface area contributed by atoms with Gasteiger partial charge in [-0.15, -0.1) is 0 Å². The molecule has 0 saturated carbocycles. The predicted molar refractivity (Wildman–Crippen MR) is 42.4 cm³/mol. The van der Waals surface area contributed by atoms with E-state index in [-0.39, 0.29) is 11.3 Å². The number of ketones is 1. The van der Waals surface area contributed by atoms with Gasteiger partial charge in [0.15, 0.2) is 5.78 Å². The van der Waals surface area contributed by atoms with Gasteiger partial charge in [-0.25, -0.2) is 0 Å². The molecular weight excluding hydrogens is 170 g/mol. The number of H-pyrrole nitrogens is 1. The lowest BCUT2D eigenvalue weighted by molar-refractivity contribution is -0.255. The molecule has 1 aliphatic carbocycles. The van der Waals surface area contributed by atoms with E-state index in [4.69, 9.17) is 0 Å². The fourth-order valence-electron chi connectivity index (χ4n) is 1.69. The molecular formula is C9H8NO3-. The van der Waals surface area contributed by atoms with Crippen molar-refractivity contribution >= 4 is 11.8 Å². The number of aromatic nitrogens is 1. The van der Waals surface area contributed by atoms with Crippen molar-refractivity contribution in [3.8, 4) is 0 Å². The topological polar surface area (TPSA) is 73.0 Å². The molecule has 4 heteroatoms. The molecule has 2 rings (SSSR count). The normalized spacial score (nSPS) is 15.5. The first-order chi connectivity index (χ1) is 6.20. The number of carbonyl (C=O) groups excluding carboxylic acids is 2. The average molecular weight is 178 g/mol. The summed E-state index contributed by atoms with van der Waals surface area (Å²) in [6.07, 6.45) is 3.31.